The largest absolute Gasteiger partial charge is 0.400 e. The molecule has 134 valence electrons. The molecule has 0 unspecified atom stereocenters. The maximum absolute atomic E-state index is 11.5. The molecule has 0 N–H and O–H groups in total. The Morgan fingerprint density at radius 3 is 1.73 bits per heavy atom. The standard InChI is InChI=1S/C15H32O6S/c1-5-8-10-12-18-15(4,19-13-11-9-6-2)14-21-22(16,17)20-7-3/h5-14H2,1-4H3. The van der Waals surface area contributed by atoms with Gasteiger partial charge in [-0.25, -0.2) is 8.37 Å². The number of hydrogen-bond acceptors (Lipinski definition) is 6. The Bertz CT molecular complexity index is 343. The van der Waals surface area contributed by atoms with Gasteiger partial charge < -0.3 is 9.47 Å². The zero-order chi connectivity index (χ0) is 16.9. The fraction of sp³-hybridized carbons (Fsp3) is 1.00. The van der Waals surface area contributed by atoms with Gasteiger partial charge in [-0.3, -0.25) is 0 Å². The molecule has 0 aliphatic heterocycles. The number of ether oxygens (including phenoxy) is 2. The smallest absolute Gasteiger partial charge is 0.348 e. The van der Waals surface area contributed by atoms with E-state index in [0.717, 1.165) is 38.5 Å². The molecule has 0 bridgehead atoms. The topological polar surface area (TPSA) is 71.1 Å². The minimum Gasteiger partial charge on any atom is -0.348 e. The molecular formula is C15H32O6S. The summed E-state index contributed by atoms with van der Waals surface area (Å²) in [5, 5.41) is 0. The van der Waals surface area contributed by atoms with Crippen LogP contribution in [0.25, 0.3) is 0 Å². The third kappa shape index (κ3) is 11.4. The van der Waals surface area contributed by atoms with E-state index in [9.17, 15) is 8.42 Å². The van der Waals surface area contributed by atoms with Crippen LogP contribution in [0.15, 0.2) is 0 Å². The SMILES string of the molecule is CCCCCOC(C)(COS(=O)(=O)OCC)OCCCCC. The first kappa shape index (κ1) is 21.8. The Morgan fingerprint density at radius 1 is 0.818 bits per heavy atom. The molecule has 0 aliphatic carbocycles. The second kappa shape index (κ2) is 12.2. The highest BCUT2D eigenvalue weighted by Crippen LogP contribution is 2.17. The van der Waals surface area contributed by atoms with E-state index in [2.05, 4.69) is 18.0 Å². The van der Waals surface area contributed by atoms with Gasteiger partial charge >= 0.3 is 10.4 Å². The number of hydrogen-bond donors (Lipinski definition) is 0. The summed E-state index contributed by atoms with van der Waals surface area (Å²) >= 11 is 0. The van der Waals surface area contributed by atoms with E-state index in [1.807, 2.05) is 0 Å². The van der Waals surface area contributed by atoms with Gasteiger partial charge in [0.15, 0.2) is 5.79 Å². The lowest BCUT2D eigenvalue weighted by Crippen LogP contribution is -2.39. The summed E-state index contributed by atoms with van der Waals surface area (Å²) in [6.45, 7) is 8.35. The van der Waals surface area contributed by atoms with Gasteiger partial charge in [0, 0.05) is 0 Å². The molecule has 0 spiro atoms. The Morgan fingerprint density at radius 2 is 1.32 bits per heavy atom. The highest BCUT2D eigenvalue weighted by atomic mass is 32.3. The van der Waals surface area contributed by atoms with Gasteiger partial charge in [-0.1, -0.05) is 39.5 Å². The van der Waals surface area contributed by atoms with Crippen LogP contribution in [-0.4, -0.2) is 40.6 Å². The predicted octanol–water partition coefficient (Wildman–Crippen LogP) is 3.41. The summed E-state index contributed by atoms with van der Waals surface area (Å²) in [6, 6.07) is 0. The molecule has 0 heterocycles. The molecule has 0 amide bonds. The molecule has 0 aromatic carbocycles. The Labute approximate surface area is 135 Å². The van der Waals surface area contributed by atoms with Crippen molar-refractivity contribution in [3.05, 3.63) is 0 Å². The van der Waals surface area contributed by atoms with E-state index in [4.69, 9.17) is 13.7 Å². The van der Waals surface area contributed by atoms with Crippen LogP contribution < -0.4 is 0 Å². The fourth-order valence-electron chi connectivity index (χ4n) is 1.76. The second-order valence-electron chi connectivity index (χ2n) is 5.32. The van der Waals surface area contributed by atoms with Crippen molar-refractivity contribution in [2.75, 3.05) is 26.4 Å². The fourth-order valence-corrected chi connectivity index (χ4v) is 2.48. The zero-order valence-corrected chi connectivity index (χ0v) is 15.2. The molecule has 0 saturated carbocycles. The maximum atomic E-state index is 11.5. The van der Waals surface area contributed by atoms with E-state index >= 15 is 0 Å². The van der Waals surface area contributed by atoms with E-state index < -0.39 is 16.2 Å². The quantitative estimate of drug-likeness (QED) is 0.336. The predicted molar refractivity (Wildman–Crippen MR) is 85.9 cm³/mol. The average molecular weight is 340 g/mol. The minimum atomic E-state index is -4.00. The molecule has 0 saturated heterocycles. The van der Waals surface area contributed by atoms with Gasteiger partial charge in [0.25, 0.3) is 0 Å². The highest BCUT2D eigenvalue weighted by molar-refractivity contribution is 7.81. The van der Waals surface area contributed by atoms with Crippen LogP contribution in [0, 0.1) is 0 Å². The molecule has 0 aliphatic rings. The van der Waals surface area contributed by atoms with Crippen LogP contribution in [-0.2, 0) is 28.2 Å². The summed E-state index contributed by atoms with van der Waals surface area (Å²) in [4.78, 5) is 0. The monoisotopic (exact) mass is 340 g/mol. The van der Waals surface area contributed by atoms with Crippen molar-refractivity contribution in [3.8, 4) is 0 Å². The van der Waals surface area contributed by atoms with Crippen molar-refractivity contribution in [2.24, 2.45) is 0 Å². The van der Waals surface area contributed by atoms with E-state index in [-0.39, 0.29) is 13.2 Å². The molecule has 0 aromatic heterocycles. The van der Waals surface area contributed by atoms with Crippen molar-refractivity contribution in [1.29, 1.82) is 0 Å². The molecule has 0 atom stereocenters. The molecule has 0 fully saturated rings. The van der Waals surface area contributed by atoms with Crippen molar-refractivity contribution in [2.45, 2.75) is 72.0 Å². The van der Waals surface area contributed by atoms with E-state index in [0.29, 0.717) is 13.2 Å². The summed E-state index contributed by atoms with van der Waals surface area (Å²) in [6.07, 6.45) is 6.11. The minimum absolute atomic E-state index is 0.0355. The number of rotatable bonds is 15. The Kier molecular flexibility index (Phi) is 12.1. The Hall–Kier alpha value is -0.210. The van der Waals surface area contributed by atoms with Gasteiger partial charge in [0.05, 0.1) is 19.8 Å². The van der Waals surface area contributed by atoms with Crippen LogP contribution in [0.1, 0.15) is 66.2 Å². The van der Waals surface area contributed by atoms with Crippen molar-refractivity contribution in [1.82, 2.24) is 0 Å². The molecular weight excluding hydrogens is 308 g/mol. The summed E-state index contributed by atoms with van der Waals surface area (Å²) in [5.41, 5.74) is 0. The maximum Gasteiger partial charge on any atom is 0.400 e. The average Bonchev–Trinajstić information content (AvgIpc) is 2.47. The molecule has 22 heavy (non-hydrogen) atoms. The third-order valence-corrected chi connectivity index (χ3v) is 3.97. The lowest BCUT2D eigenvalue weighted by Gasteiger charge is -2.29. The van der Waals surface area contributed by atoms with Crippen LogP contribution in [0.4, 0.5) is 0 Å². The van der Waals surface area contributed by atoms with Crippen LogP contribution in [0.5, 0.6) is 0 Å². The van der Waals surface area contributed by atoms with Gasteiger partial charge in [0.1, 0.15) is 6.61 Å². The first-order valence-corrected chi connectivity index (χ1v) is 9.54. The van der Waals surface area contributed by atoms with E-state index in [1.165, 1.54) is 0 Å². The van der Waals surface area contributed by atoms with Crippen LogP contribution >= 0.6 is 0 Å². The lowest BCUT2D eigenvalue weighted by molar-refractivity contribution is -0.240. The van der Waals surface area contributed by atoms with Gasteiger partial charge in [-0.05, 0) is 26.7 Å². The van der Waals surface area contributed by atoms with Gasteiger partial charge in [-0.2, -0.15) is 8.42 Å². The van der Waals surface area contributed by atoms with Crippen molar-refractivity contribution < 1.29 is 26.3 Å². The van der Waals surface area contributed by atoms with Crippen LogP contribution in [0.3, 0.4) is 0 Å². The molecule has 0 aromatic rings. The normalized spacial score (nSPS) is 12.7. The lowest BCUT2D eigenvalue weighted by atomic mass is 10.2. The van der Waals surface area contributed by atoms with E-state index in [1.54, 1.807) is 13.8 Å². The number of unbranched alkanes of at least 4 members (excludes halogenated alkanes) is 4. The first-order chi connectivity index (χ1) is 10.4. The van der Waals surface area contributed by atoms with Crippen molar-refractivity contribution in [3.63, 3.8) is 0 Å². The zero-order valence-electron chi connectivity index (χ0n) is 14.4. The molecule has 7 heteroatoms. The summed E-state index contributed by atoms with van der Waals surface area (Å²) < 4.78 is 43.8. The van der Waals surface area contributed by atoms with Crippen LogP contribution in [0.2, 0.25) is 0 Å². The van der Waals surface area contributed by atoms with Crippen molar-refractivity contribution >= 4 is 10.4 Å². The molecule has 0 rings (SSSR count). The third-order valence-electron chi connectivity index (χ3n) is 3.04. The van der Waals surface area contributed by atoms with Gasteiger partial charge in [-0.15, -0.1) is 0 Å². The second-order valence-corrected chi connectivity index (χ2v) is 6.61. The summed E-state index contributed by atoms with van der Waals surface area (Å²) in [7, 11) is -4.00. The molecule has 6 nitrogen and oxygen atoms in total. The molecule has 0 radical (unpaired) electrons. The highest BCUT2D eigenvalue weighted by Gasteiger charge is 2.29. The summed E-state index contributed by atoms with van der Waals surface area (Å²) in [5.74, 6) is -1.08. The Balaban J connectivity index is 4.41. The van der Waals surface area contributed by atoms with Gasteiger partial charge in [0.2, 0.25) is 0 Å². The first-order valence-electron chi connectivity index (χ1n) is 8.20.